The summed E-state index contributed by atoms with van der Waals surface area (Å²) in [6.07, 6.45) is 1.60. The first-order chi connectivity index (χ1) is 9.24. The number of urea groups is 1. The molecule has 0 aliphatic carbocycles. The number of nitrogens with one attached hydrogen (secondary N) is 2. The molecule has 0 saturated heterocycles. The highest BCUT2D eigenvalue weighted by Crippen LogP contribution is 2.04. The monoisotopic (exact) mass is 253 g/mol. The van der Waals surface area contributed by atoms with Crippen molar-refractivity contribution in [3.8, 4) is 0 Å². The number of anilines is 1. The fraction of sp³-hybridized carbons (Fsp3) is 0.0667. The minimum atomic E-state index is -0.366. The summed E-state index contributed by atoms with van der Waals surface area (Å²) >= 11 is 0. The Bertz CT molecular complexity index is 562. The second-order valence-electron chi connectivity index (χ2n) is 4.10. The molecule has 0 aliphatic heterocycles. The Kier molecular flexibility index (Phi) is 4.29. The molecule has 0 aliphatic rings. The van der Waals surface area contributed by atoms with Crippen LogP contribution in [0.25, 0.3) is 0 Å². The van der Waals surface area contributed by atoms with Gasteiger partial charge in [0, 0.05) is 5.69 Å². The number of hydrogen-bond donors (Lipinski definition) is 2. The van der Waals surface area contributed by atoms with Gasteiger partial charge in [0.15, 0.2) is 0 Å². The van der Waals surface area contributed by atoms with E-state index in [0.29, 0.717) is 0 Å². The zero-order chi connectivity index (χ0) is 13.5. The molecule has 0 radical (unpaired) electrons. The Morgan fingerprint density at radius 1 is 1.05 bits per heavy atom. The molecule has 0 saturated carbocycles. The van der Waals surface area contributed by atoms with Crippen molar-refractivity contribution < 1.29 is 4.79 Å². The number of hydrogen-bond acceptors (Lipinski definition) is 2. The quantitative estimate of drug-likeness (QED) is 0.640. The van der Waals surface area contributed by atoms with E-state index in [1.165, 1.54) is 5.56 Å². The molecule has 0 spiro atoms. The van der Waals surface area contributed by atoms with E-state index in [1.807, 2.05) is 61.5 Å². The van der Waals surface area contributed by atoms with Crippen molar-refractivity contribution in [1.82, 2.24) is 5.43 Å². The second-order valence-corrected chi connectivity index (χ2v) is 4.10. The predicted molar refractivity (Wildman–Crippen MR) is 77.4 cm³/mol. The molecule has 0 fully saturated rings. The third-order valence-electron chi connectivity index (χ3n) is 2.49. The lowest BCUT2D eigenvalue weighted by Gasteiger charge is -2.03. The van der Waals surface area contributed by atoms with Crippen LogP contribution in [0.1, 0.15) is 11.1 Å². The van der Waals surface area contributed by atoms with Gasteiger partial charge in [-0.25, -0.2) is 10.2 Å². The lowest BCUT2D eigenvalue weighted by molar-refractivity contribution is 0.252. The summed E-state index contributed by atoms with van der Waals surface area (Å²) in [4.78, 5) is 11.5. The first-order valence-electron chi connectivity index (χ1n) is 5.96. The van der Waals surface area contributed by atoms with Crippen LogP contribution in [-0.2, 0) is 0 Å². The normalized spacial score (nSPS) is 10.4. The summed E-state index contributed by atoms with van der Waals surface area (Å²) in [7, 11) is 0. The van der Waals surface area contributed by atoms with E-state index in [0.717, 1.165) is 11.3 Å². The topological polar surface area (TPSA) is 53.5 Å². The molecule has 2 aromatic carbocycles. The Morgan fingerprint density at radius 3 is 2.42 bits per heavy atom. The van der Waals surface area contributed by atoms with E-state index >= 15 is 0 Å². The molecule has 96 valence electrons. The molecule has 0 heterocycles. The number of benzene rings is 2. The smallest absolute Gasteiger partial charge is 0.307 e. The van der Waals surface area contributed by atoms with Gasteiger partial charge >= 0.3 is 6.03 Å². The number of rotatable bonds is 3. The SMILES string of the molecule is Cc1ccc(/C=N\NC(=O)Nc2ccccc2)cc1. The molecule has 2 N–H and O–H groups in total. The summed E-state index contributed by atoms with van der Waals surface area (Å²) in [5.41, 5.74) is 5.26. The summed E-state index contributed by atoms with van der Waals surface area (Å²) in [6, 6.07) is 16.7. The van der Waals surface area contributed by atoms with Crippen LogP contribution in [0.2, 0.25) is 0 Å². The summed E-state index contributed by atoms with van der Waals surface area (Å²) < 4.78 is 0. The highest BCUT2D eigenvalue weighted by atomic mass is 16.2. The average molecular weight is 253 g/mol. The number of carbonyl (C=O) groups is 1. The standard InChI is InChI=1S/C15H15N3O/c1-12-7-9-13(10-8-12)11-16-18-15(19)17-14-5-3-2-4-6-14/h2-11H,1H3,(H2,17,18,19)/b16-11-. The van der Waals surface area contributed by atoms with E-state index < -0.39 is 0 Å². The van der Waals surface area contributed by atoms with Gasteiger partial charge in [0.2, 0.25) is 0 Å². The maximum Gasteiger partial charge on any atom is 0.339 e. The van der Waals surface area contributed by atoms with Crippen molar-refractivity contribution in [2.45, 2.75) is 6.92 Å². The maximum atomic E-state index is 11.5. The van der Waals surface area contributed by atoms with Gasteiger partial charge in [-0.05, 0) is 24.6 Å². The van der Waals surface area contributed by atoms with E-state index in [-0.39, 0.29) is 6.03 Å². The average Bonchev–Trinajstić information content (AvgIpc) is 2.42. The van der Waals surface area contributed by atoms with Crippen molar-refractivity contribution >= 4 is 17.9 Å². The van der Waals surface area contributed by atoms with Crippen LogP contribution in [0.5, 0.6) is 0 Å². The number of hydrazone groups is 1. The molecule has 2 rings (SSSR count). The van der Waals surface area contributed by atoms with Crippen molar-refractivity contribution in [3.63, 3.8) is 0 Å². The minimum absolute atomic E-state index is 0.366. The molecule has 2 aromatic rings. The first kappa shape index (κ1) is 12.8. The van der Waals surface area contributed by atoms with Crippen LogP contribution >= 0.6 is 0 Å². The van der Waals surface area contributed by atoms with Crippen molar-refractivity contribution in [3.05, 3.63) is 65.7 Å². The predicted octanol–water partition coefficient (Wildman–Crippen LogP) is 3.15. The molecule has 4 nitrogen and oxygen atoms in total. The fourth-order valence-electron chi connectivity index (χ4n) is 1.50. The number of aryl methyl sites for hydroxylation is 1. The minimum Gasteiger partial charge on any atom is -0.307 e. The lowest BCUT2D eigenvalue weighted by atomic mass is 10.2. The molecule has 0 atom stereocenters. The molecule has 4 heteroatoms. The summed E-state index contributed by atoms with van der Waals surface area (Å²) in [5, 5.41) is 6.55. The van der Waals surface area contributed by atoms with Gasteiger partial charge in [0.25, 0.3) is 0 Å². The second kappa shape index (κ2) is 6.35. The van der Waals surface area contributed by atoms with Crippen LogP contribution in [0, 0.1) is 6.92 Å². The van der Waals surface area contributed by atoms with Crippen LogP contribution in [0.4, 0.5) is 10.5 Å². The van der Waals surface area contributed by atoms with Gasteiger partial charge in [-0.15, -0.1) is 0 Å². The van der Waals surface area contributed by atoms with E-state index in [2.05, 4.69) is 15.8 Å². The largest absolute Gasteiger partial charge is 0.339 e. The van der Waals surface area contributed by atoms with Gasteiger partial charge in [-0.1, -0.05) is 48.0 Å². The first-order valence-corrected chi connectivity index (χ1v) is 5.96. The molecule has 19 heavy (non-hydrogen) atoms. The molecular formula is C15H15N3O. The summed E-state index contributed by atoms with van der Waals surface area (Å²) in [5.74, 6) is 0. The van der Waals surface area contributed by atoms with Gasteiger partial charge in [0.1, 0.15) is 0 Å². The van der Waals surface area contributed by atoms with Crippen LogP contribution in [0.15, 0.2) is 59.7 Å². The molecule has 0 bridgehead atoms. The van der Waals surface area contributed by atoms with Crippen molar-refractivity contribution in [2.24, 2.45) is 5.10 Å². The Labute approximate surface area is 112 Å². The van der Waals surface area contributed by atoms with E-state index in [4.69, 9.17) is 0 Å². The zero-order valence-corrected chi connectivity index (χ0v) is 10.6. The fourth-order valence-corrected chi connectivity index (χ4v) is 1.50. The Morgan fingerprint density at radius 2 is 1.74 bits per heavy atom. The van der Waals surface area contributed by atoms with Crippen LogP contribution in [-0.4, -0.2) is 12.2 Å². The lowest BCUT2D eigenvalue weighted by Crippen LogP contribution is -2.24. The number of carbonyl (C=O) groups excluding carboxylic acids is 1. The van der Waals surface area contributed by atoms with E-state index in [9.17, 15) is 4.79 Å². The molecular weight excluding hydrogens is 238 g/mol. The third kappa shape index (κ3) is 4.27. The third-order valence-corrected chi connectivity index (χ3v) is 2.49. The van der Waals surface area contributed by atoms with Crippen LogP contribution in [0.3, 0.4) is 0 Å². The van der Waals surface area contributed by atoms with E-state index in [1.54, 1.807) is 6.21 Å². The zero-order valence-electron chi connectivity index (χ0n) is 10.6. The number of amides is 2. The number of para-hydroxylation sites is 1. The molecule has 0 unspecified atom stereocenters. The van der Waals surface area contributed by atoms with Crippen LogP contribution < -0.4 is 10.7 Å². The van der Waals surface area contributed by atoms with Crippen molar-refractivity contribution in [1.29, 1.82) is 0 Å². The van der Waals surface area contributed by atoms with Gasteiger partial charge in [-0.3, -0.25) is 0 Å². The van der Waals surface area contributed by atoms with Crippen molar-refractivity contribution in [2.75, 3.05) is 5.32 Å². The van der Waals surface area contributed by atoms with Gasteiger partial charge < -0.3 is 5.32 Å². The Hall–Kier alpha value is -2.62. The highest BCUT2D eigenvalue weighted by molar-refractivity contribution is 5.90. The molecule has 2 amide bonds. The van der Waals surface area contributed by atoms with Gasteiger partial charge in [-0.2, -0.15) is 5.10 Å². The number of nitrogens with zero attached hydrogens (tertiary/aromatic N) is 1. The summed E-state index contributed by atoms with van der Waals surface area (Å²) in [6.45, 7) is 2.02. The molecule has 0 aromatic heterocycles. The van der Waals surface area contributed by atoms with Gasteiger partial charge in [0.05, 0.1) is 6.21 Å². The maximum absolute atomic E-state index is 11.5. The Balaban J connectivity index is 1.85. The highest BCUT2D eigenvalue weighted by Gasteiger charge is 1.97.